The van der Waals surface area contributed by atoms with Gasteiger partial charge in [0.2, 0.25) is 0 Å². The summed E-state index contributed by atoms with van der Waals surface area (Å²) >= 11 is 1.64. The molecule has 0 unspecified atom stereocenters. The van der Waals surface area contributed by atoms with E-state index in [0.717, 1.165) is 21.6 Å². The first-order chi connectivity index (χ1) is 16.0. The highest BCUT2D eigenvalue weighted by Gasteiger charge is 2.12. The van der Waals surface area contributed by atoms with Gasteiger partial charge >= 0.3 is 0 Å². The zero-order valence-electron chi connectivity index (χ0n) is 17.9. The standard InChI is InChI=1S/C26H23FN2O3S/c1-33-23-13-6-19(7-14-23)16-24(21-9-11-22(27)12-10-21)26(31)28-17-20-4-2-18(3-5-20)8-15-25(30)29-32/h2-16,32H,17H2,1H3,(H,28,31)(H,29,30)/b15-8+,24-16+. The second kappa shape index (κ2) is 11.8. The van der Waals surface area contributed by atoms with E-state index in [0.29, 0.717) is 17.7 Å². The molecule has 5 nitrogen and oxygen atoms in total. The number of hydrogen-bond donors (Lipinski definition) is 3. The van der Waals surface area contributed by atoms with Gasteiger partial charge in [-0.1, -0.05) is 48.5 Å². The van der Waals surface area contributed by atoms with Crippen LogP contribution in [-0.4, -0.2) is 23.3 Å². The van der Waals surface area contributed by atoms with Crippen molar-refractivity contribution in [3.05, 3.63) is 107 Å². The lowest BCUT2D eigenvalue weighted by molar-refractivity contribution is -0.124. The van der Waals surface area contributed by atoms with E-state index in [-0.39, 0.29) is 11.7 Å². The molecule has 0 fully saturated rings. The summed E-state index contributed by atoms with van der Waals surface area (Å²) in [7, 11) is 0. The molecular weight excluding hydrogens is 439 g/mol. The maximum Gasteiger partial charge on any atom is 0.267 e. The van der Waals surface area contributed by atoms with Gasteiger partial charge in [-0.05, 0) is 64.9 Å². The van der Waals surface area contributed by atoms with Crippen LogP contribution in [0.4, 0.5) is 4.39 Å². The second-order valence-corrected chi connectivity index (χ2v) is 7.95. The Bertz CT molecular complexity index is 1160. The van der Waals surface area contributed by atoms with Gasteiger partial charge < -0.3 is 5.32 Å². The Morgan fingerprint density at radius 3 is 2.18 bits per heavy atom. The molecule has 3 aromatic rings. The van der Waals surface area contributed by atoms with Crippen molar-refractivity contribution in [2.75, 3.05) is 6.26 Å². The summed E-state index contributed by atoms with van der Waals surface area (Å²) < 4.78 is 13.4. The fourth-order valence-electron chi connectivity index (χ4n) is 3.01. The Hall–Kier alpha value is -3.68. The Morgan fingerprint density at radius 2 is 1.58 bits per heavy atom. The van der Waals surface area contributed by atoms with Gasteiger partial charge in [-0.3, -0.25) is 14.8 Å². The van der Waals surface area contributed by atoms with Crippen LogP contribution in [0, 0.1) is 5.82 Å². The number of amides is 2. The molecule has 0 aliphatic rings. The molecule has 3 rings (SSSR count). The molecular formula is C26H23FN2O3S. The molecule has 0 radical (unpaired) electrons. The van der Waals surface area contributed by atoms with E-state index in [1.165, 1.54) is 23.7 Å². The highest BCUT2D eigenvalue weighted by Crippen LogP contribution is 2.22. The molecule has 2 amide bonds. The fraction of sp³-hybridized carbons (Fsp3) is 0.0769. The van der Waals surface area contributed by atoms with Crippen molar-refractivity contribution in [1.29, 1.82) is 0 Å². The van der Waals surface area contributed by atoms with Crippen molar-refractivity contribution in [3.8, 4) is 0 Å². The van der Waals surface area contributed by atoms with E-state index in [1.54, 1.807) is 48.2 Å². The summed E-state index contributed by atoms with van der Waals surface area (Å²) in [5, 5.41) is 11.4. The minimum atomic E-state index is -0.616. The van der Waals surface area contributed by atoms with Crippen LogP contribution in [0.2, 0.25) is 0 Å². The van der Waals surface area contributed by atoms with Gasteiger partial charge in [-0.2, -0.15) is 0 Å². The summed E-state index contributed by atoms with van der Waals surface area (Å²) in [5.41, 5.74) is 5.09. The summed E-state index contributed by atoms with van der Waals surface area (Å²) in [4.78, 5) is 25.2. The van der Waals surface area contributed by atoms with Crippen molar-refractivity contribution >= 4 is 41.3 Å². The van der Waals surface area contributed by atoms with E-state index in [1.807, 2.05) is 42.7 Å². The Kier molecular flexibility index (Phi) is 8.57. The molecule has 0 atom stereocenters. The van der Waals surface area contributed by atoms with Crippen molar-refractivity contribution in [2.45, 2.75) is 11.4 Å². The Morgan fingerprint density at radius 1 is 0.939 bits per heavy atom. The molecule has 7 heteroatoms. The normalized spacial score (nSPS) is 11.4. The first kappa shape index (κ1) is 24.0. The lowest BCUT2D eigenvalue weighted by Crippen LogP contribution is -2.23. The molecule has 0 saturated carbocycles. The van der Waals surface area contributed by atoms with E-state index in [4.69, 9.17) is 5.21 Å². The van der Waals surface area contributed by atoms with Gasteiger partial charge in [0.1, 0.15) is 5.82 Å². The zero-order valence-corrected chi connectivity index (χ0v) is 18.7. The molecule has 0 bridgehead atoms. The number of carbonyl (C=O) groups is 2. The van der Waals surface area contributed by atoms with Gasteiger partial charge in [0, 0.05) is 23.1 Å². The Balaban J connectivity index is 1.76. The minimum Gasteiger partial charge on any atom is -0.348 e. The van der Waals surface area contributed by atoms with E-state index >= 15 is 0 Å². The number of nitrogens with one attached hydrogen (secondary N) is 2. The number of hydrogen-bond acceptors (Lipinski definition) is 4. The molecule has 0 heterocycles. The third-order valence-electron chi connectivity index (χ3n) is 4.80. The van der Waals surface area contributed by atoms with Crippen LogP contribution in [0.15, 0.2) is 83.8 Å². The average Bonchev–Trinajstić information content (AvgIpc) is 2.86. The van der Waals surface area contributed by atoms with E-state index in [2.05, 4.69) is 5.32 Å². The quantitative estimate of drug-likeness (QED) is 0.146. The first-order valence-corrected chi connectivity index (χ1v) is 11.3. The molecule has 0 aliphatic carbocycles. The molecule has 0 aromatic heterocycles. The monoisotopic (exact) mass is 462 g/mol. The lowest BCUT2D eigenvalue weighted by atomic mass is 10.0. The topological polar surface area (TPSA) is 78.4 Å². The highest BCUT2D eigenvalue weighted by molar-refractivity contribution is 7.98. The van der Waals surface area contributed by atoms with Gasteiger partial charge in [0.25, 0.3) is 11.8 Å². The number of hydroxylamine groups is 1. The van der Waals surface area contributed by atoms with Crippen LogP contribution in [0.3, 0.4) is 0 Å². The van der Waals surface area contributed by atoms with Crippen LogP contribution >= 0.6 is 11.8 Å². The highest BCUT2D eigenvalue weighted by atomic mass is 32.2. The molecule has 168 valence electrons. The zero-order chi connectivity index (χ0) is 23.6. The molecule has 0 aliphatic heterocycles. The van der Waals surface area contributed by atoms with Crippen molar-refractivity contribution in [3.63, 3.8) is 0 Å². The maximum atomic E-state index is 13.4. The average molecular weight is 463 g/mol. The summed E-state index contributed by atoms with van der Waals surface area (Å²) in [6.45, 7) is 0.296. The molecule has 0 saturated heterocycles. The maximum absolute atomic E-state index is 13.4. The number of benzene rings is 3. The van der Waals surface area contributed by atoms with Crippen LogP contribution in [0.1, 0.15) is 22.3 Å². The van der Waals surface area contributed by atoms with E-state index in [9.17, 15) is 14.0 Å². The minimum absolute atomic E-state index is 0.279. The number of carbonyl (C=O) groups excluding carboxylic acids is 2. The summed E-state index contributed by atoms with van der Waals surface area (Å²) in [6.07, 6.45) is 6.55. The second-order valence-electron chi connectivity index (χ2n) is 7.07. The number of thioether (sulfide) groups is 1. The fourth-order valence-corrected chi connectivity index (χ4v) is 3.42. The lowest BCUT2D eigenvalue weighted by Gasteiger charge is -2.11. The third kappa shape index (κ3) is 7.17. The van der Waals surface area contributed by atoms with Gasteiger partial charge in [0.15, 0.2) is 0 Å². The van der Waals surface area contributed by atoms with Crippen molar-refractivity contribution in [2.24, 2.45) is 0 Å². The molecule has 33 heavy (non-hydrogen) atoms. The molecule has 3 aromatic carbocycles. The van der Waals surface area contributed by atoms with Crippen molar-refractivity contribution in [1.82, 2.24) is 10.8 Å². The molecule has 3 N–H and O–H groups in total. The largest absolute Gasteiger partial charge is 0.348 e. The van der Waals surface area contributed by atoms with Gasteiger partial charge in [-0.25, -0.2) is 9.87 Å². The van der Waals surface area contributed by atoms with E-state index < -0.39 is 5.91 Å². The SMILES string of the molecule is CSc1ccc(/C=C(/C(=O)NCc2ccc(/C=C/C(=O)NO)cc2)c2ccc(F)cc2)cc1. The molecule has 0 spiro atoms. The predicted molar refractivity (Wildman–Crippen MR) is 130 cm³/mol. The predicted octanol–water partition coefficient (Wildman–Crippen LogP) is 4.92. The van der Waals surface area contributed by atoms with Crippen LogP contribution in [0.25, 0.3) is 17.7 Å². The number of halogens is 1. The van der Waals surface area contributed by atoms with Crippen LogP contribution in [-0.2, 0) is 16.1 Å². The smallest absolute Gasteiger partial charge is 0.267 e. The summed E-state index contributed by atoms with van der Waals surface area (Å²) in [5.74, 6) is -1.26. The van der Waals surface area contributed by atoms with Gasteiger partial charge in [-0.15, -0.1) is 11.8 Å². The first-order valence-electron chi connectivity index (χ1n) is 10.1. The third-order valence-corrected chi connectivity index (χ3v) is 5.54. The van der Waals surface area contributed by atoms with Gasteiger partial charge in [0.05, 0.1) is 0 Å². The Labute approximate surface area is 196 Å². The number of rotatable bonds is 8. The summed E-state index contributed by atoms with van der Waals surface area (Å²) in [6, 6.07) is 20.9. The van der Waals surface area contributed by atoms with Crippen LogP contribution < -0.4 is 10.8 Å². The van der Waals surface area contributed by atoms with Crippen molar-refractivity contribution < 1.29 is 19.2 Å². The van der Waals surface area contributed by atoms with Crippen LogP contribution in [0.5, 0.6) is 0 Å².